The minimum Gasteiger partial charge on any atom is -0.454 e. The molecule has 4 aliphatic rings. The van der Waals surface area contributed by atoms with E-state index >= 15 is 8.78 Å². The predicted molar refractivity (Wildman–Crippen MR) is 149 cm³/mol. The van der Waals surface area contributed by atoms with Gasteiger partial charge in [0, 0.05) is 28.2 Å². The zero-order valence-corrected chi connectivity index (χ0v) is 25.1. The van der Waals surface area contributed by atoms with Crippen LogP contribution in [-0.4, -0.2) is 63.6 Å². The second kappa shape index (κ2) is 10.7. The number of fused-ring (bicyclic) bond motifs is 5. The van der Waals surface area contributed by atoms with Crippen LogP contribution in [0.5, 0.6) is 0 Å². The summed E-state index contributed by atoms with van der Waals surface area (Å²) in [4.78, 5) is 50.0. The highest BCUT2D eigenvalue weighted by Gasteiger charge is 2.79. The normalized spacial score (nSPS) is 39.8. The monoisotopic (exact) mass is 642 g/mol. The summed E-state index contributed by atoms with van der Waals surface area (Å²) in [5.41, 5.74) is -7.81. The third-order valence-electron chi connectivity index (χ3n) is 10.4. The van der Waals surface area contributed by atoms with E-state index in [1.807, 2.05) is 0 Å². The summed E-state index contributed by atoms with van der Waals surface area (Å²) in [7, 11) is 0. The number of esters is 2. The number of carbonyl (C=O) groups is 4. The fourth-order valence-electron chi connectivity index (χ4n) is 8.38. The van der Waals surface area contributed by atoms with Crippen LogP contribution in [0, 0.1) is 34.4 Å². The van der Waals surface area contributed by atoms with Gasteiger partial charge in [0.05, 0.1) is 6.10 Å². The van der Waals surface area contributed by atoms with Gasteiger partial charge in [0.2, 0.25) is 10.4 Å². The van der Waals surface area contributed by atoms with Gasteiger partial charge >= 0.3 is 11.9 Å². The smallest absolute Gasteiger partial charge is 0.351 e. The maximum Gasteiger partial charge on any atom is 0.351 e. The van der Waals surface area contributed by atoms with Crippen molar-refractivity contribution in [3.8, 4) is 0 Å². The molecule has 0 radical (unpaired) electrons. The van der Waals surface area contributed by atoms with Crippen LogP contribution in [0.4, 0.5) is 13.2 Å². The number of aliphatic hydroxyl groups is 1. The SMILES string of the molecule is C[C@@H]1C[C@H]2[C@@H]3C[C@H](F)C4=CC(=O)C=C[C@]4(C)[C@@]3(F)[C@@H](O)C[C@]2(C)[C@@]1(OC(=O)C(Cl)Cl)C(=O)OCC(=O)c1ccc(F)cc1. The van der Waals surface area contributed by atoms with E-state index in [9.17, 15) is 28.7 Å². The Bertz CT molecular complexity index is 1430. The molecule has 1 aromatic carbocycles. The van der Waals surface area contributed by atoms with Gasteiger partial charge in [-0.1, -0.05) is 43.1 Å². The van der Waals surface area contributed by atoms with Gasteiger partial charge in [-0.25, -0.2) is 22.8 Å². The Balaban J connectivity index is 1.55. The summed E-state index contributed by atoms with van der Waals surface area (Å²) in [6.07, 6.45) is -0.736. The van der Waals surface area contributed by atoms with Crippen LogP contribution in [0.1, 0.15) is 50.4 Å². The number of allylic oxidation sites excluding steroid dienone is 4. The van der Waals surface area contributed by atoms with E-state index in [2.05, 4.69) is 0 Å². The second-order valence-electron chi connectivity index (χ2n) is 12.5. The second-order valence-corrected chi connectivity index (χ2v) is 13.6. The molecule has 0 aromatic heterocycles. The molecule has 9 atom stereocenters. The summed E-state index contributed by atoms with van der Waals surface area (Å²) in [6, 6.07) is 4.57. The van der Waals surface area contributed by atoms with Crippen molar-refractivity contribution in [1.29, 1.82) is 0 Å². The highest BCUT2D eigenvalue weighted by Crippen LogP contribution is 2.71. The van der Waals surface area contributed by atoms with Gasteiger partial charge in [0.15, 0.2) is 23.8 Å². The van der Waals surface area contributed by atoms with Crippen LogP contribution in [-0.2, 0) is 23.9 Å². The molecule has 232 valence electrons. The van der Waals surface area contributed by atoms with Crippen LogP contribution >= 0.6 is 23.2 Å². The van der Waals surface area contributed by atoms with E-state index in [0.717, 1.165) is 24.3 Å². The molecular weight excluding hydrogens is 612 g/mol. The molecule has 12 heteroatoms. The Morgan fingerprint density at radius 2 is 1.77 bits per heavy atom. The molecule has 5 rings (SSSR count). The minimum atomic E-state index is -2.44. The molecule has 0 aliphatic heterocycles. The number of ketones is 2. The third kappa shape index (κ3) is 4.50. The number of halogens is 5. The van der Waals surface area contributed by atoms with Crippen LogP contribution in [0.2, 0.25) is 0 Å². The fourth-order valence-corrected chi connectivity index (χ4v) is 8.47. The van der Waals surface area contributed by atoms with Crippen LogP contribution in [0.15, 0.2) is 48.1 Å². The van der Waals surface area contributed by atoms with E-state index in [1.54, 1.807) is 13.8 Å². The van der Waals surface area contributed by atoms with Crippen molar-refractivity contribution in [2.24, 2.45) is 28.6 Å². The Hall–Kier alpha value is -2.69. The largest absolute Gasteiger partial charge is 0.454 e. The number of hydrogen-bond acceptors (Lipinski definition) is 7. The van der Waals surface area contributed by atoms with E-state index in [1.165, 1.54) is 25.1 Å². The first-order chi connectivity index (χ1) is 20.0. The molecule has 0 saturated heterocycles. The van der Waals surface area contributed by atoms with Crippen LogP contribution in [0.3, 0.4) is 0 Å². The number of benzene rings is 1. The summed E-state index contributed by atoms with van der Waals surface area (Å²) in [5.74, 6) is -6.91. The lowest BCUT2D eigenvalue weighted by atomic mass is 9.44. The highest BCUT2D eigenvalue weighted by molar-refractivity contribution is 6.53. The summed E-state index contributed by atoms with van der Waals surface area (Å²) in [6.45, 7) is 3.77. The van der Waals surface area contributed by atoms with Crippen molar-refractivity contribution in [2.75, 3.05) is 6.61 Å². The lowest BCUT2D eigenvalue weighted by molar-refractivity contribution is -0.238. The molecular formula is C31H31Cl2F3O7. The third-order valence-corrected chi connectivity index (χ3v) is 10.8. The number of aliphatic hydroxyl groups excluding tert-OH is 1. The van der Waals surface area contributed by atoms with Crippen LogP contribution < -0.4 is 0 Å². The zero-order chi connectivity index (χ0) is 31.7. The summed E-state index contributed by atoms with van der Waals surface area (Å²) in [5, 5.41) is 11.6. The van der Waals surface area contributed by atoms with Gasteiger partial charge in [0.25, 0.3) is 0 Å². The van der Waals surface area contributed by atoms with E-state index in [4.69, 9.17) is 32.7 Å². The average Bonchev–Trinajstić information content (AvgIpc) is 3.16. The fraction of sp³-hybridized carbons (Fsp3) is 0.548. The van der Waals surface area contributed by atoms with Gasteiger partial charge in [-0.2, -0.15) is 0 Å². The molecule has 1 aromatic rings. The average molecular weight is 643 g/mol. The number of alkyl halides is 4. The molecule has 3 saturated carbocycles. The molecule has 0 amide bonds. The van der Waals surface area contributed by atoms with Gasteiger partial charge in [-0.15, -0.1) is 0 Å². The quantitative estimate of drug-likeness (QED) is 0.258. The highest BCUT2D eigenvalue weighted by atomic mass is 35.5. The maximum absolute atomic E-state index is 17.5. The Morgan fingerprint density at radius 3 is 2.40 bits per heavy atom. The number of carbonyl (C=O) groups excluding carboxylic acids is 4. The van der Waals surface area contributed by atoms with E-state index in [-0.39, 0.29) is 17.6 Å². The number of Topliss-reactive ketones (excluding diaryl/α,β-unsaturated/α-hetero) is 1. The Kier molecular flexibility index (Phi) is 7.92. The first-order valence-electron chi connectivity index (χ1n) is 14.0. The van der Waals surface area contributed by atoms with Crippen molar-refractivity contribution in [2.45, 2.75) is 68.4 Å². The first-order valence-corrected chi connectivity index (χ1v) is 14.8. The van der Waals surface area contributed by atoms with Crippen molar-refractivity contribution < 1.29 is 46.9 Å². The van der Waals surface area contributed by atoms with Gasteiger partial charge in [0.1, 0.15) is 12.0 Å². The molecule has 7 nitrogen and oxygen atoms in total. The van der Waals surface area contributed by atoms with Gasteiger partial charge in [-0.3, -0.25) is 9.59 Å². The Morgan fingerprint density at radius 1 is 1.12 bits per heavy atom. The van der Waals surface area contributed by atoms with Crippen molar-refractivity contribution >= 4 is 46.7 Å². The van der Waals surface area contributed by atoms with Crippen LogP contribution in [0.25, 0.3) is 0 Å². The molecule has 1 N–H and O–H groups in total. The molecule has 0 bridgehead atoms. The molecule has 3 fully saturated rings. The molecule has 4 aliphatic carbocycles. The number of hydrogen-bond donors (Lipinski definition) is 1. The van der Waals surface area contributed by atoms with E-state index in [0.29, 0.717) is 0 Å². The maximum atomic E-state index is 17.5. The lowest BCUT2D eigenvalue weighted by Gasteiger charge is -2.63. The minimum absolute atomic E-state index is 0.0593. The van der Waals surface area contributed by atoms with E-state index < -0.39 is 106 Å². The lowest BCUT2D eigenvalue weighted by Crippen LogP contribution is -2.71. The molecule has 0 spiro atoms. The van der Waals surface area contributed by atoms with Gasteiger partial charge < -0.3 is 14.6 Å². The molecule has 43 heavy (non-hydrogen) atoms. The summed E-state index contributed by atoms with van der Waals surface area (Å²) >= 11 is 11.6. The molecule has 0 heterocycles. The summed E-state index contributed by atoms with van der Waals surface area (Å²) < 4.78 is 57.8. The van der Waals surface area contributed by atoms with Crippen molar-refractivity contribution in [1.82, 2.24) is 0 Å². The number of rotatable bonds is 6. The van der Waals surface area contributed by atoms with Crippen molar-refractivity contribution in [3.63, 3.8) is 0 Å². The standard InChI is InChI=1S/C31H31Cl2F3O7/c1-15-10-19-20-12-22(35)21-11-18(37)8-9-28(21,2)30(20,36)24(39)13-29(19,3)31(15,43-26(40)25(32)33)27(41)42-14-23(38)16-4-6-17(34)7-5-16/h4-9,11,15,19-20,22,24-25,39H,10,12-14H2,1-3H3/t15-,19+,20+,22+,24+,28+,29+,30+,31+/m1/s1. The zero-order valence-electron chi connectivity index (χ0n) is 23.6. The topological polar surface area (TPSA) is 107 Å². The predicted octanol–water partition coefficient (Wildman–Crippen LogP) is 5.20. The Labute approximate surface area is 256 Å². The van der Waals surface area contributed by atoms with Gasteiger partial charge in [-0.05, 0) is 74.1 Å². The number of ether oxygens (including phenoxy) is 2. The first kappa shape index (κ1) is 31.7. The molecule has 0 unspecified atom stereocenters. The van der Waals surface area contributed by atoms with Crippen molar-refractivity contribution in [3.05, 3.63) is 59.4 Å².